The molecule has 0 saturated carbocycles. The van der Waals surface area contributed by atoms with Gasteiger partial charge < -0.3 is 53.2 Å². The van der Waals surface area contributed by atoms with Crippen molar-refractivity contribution < 1.29 is 43.8 Å². The molecule has 6 atom stereocenters. The third kappa shape index (κ3) is 14.2. The van der Waals surface area contributed by atoms with E-state index in [2.05, 4.69) is 36.6 Å². The first-order valence-electron chi connectivity index (χ1n) is 15.4. The summed E-state index contributed by atoms with van der Waals surface area (Å²) in [5, 5.41) is 30.6. The van der Waals surface area contributed by atoms with Gasteiger partial charge in [0.1, 0.15) is 30.2 Å². The second-order valence-electron chi connectivity index (χ2n) is 11.9. The number of nitrogens with one attached hydrogen (secondary N) is 6. The van der Waals surface area contributed by atoms with Gasteiger partial charge in [-0.1, -0.05) is 34.1 Å². The van der Waals surface area contributed by atoms with E-state index in [0.717, 1.165) is 0 Å². The van der Waals surface area contributed by atoms with Crippen molar-refractivity contribution in [2.45, 2.75) is 103 Å². The summed E-state index contributed by atoms with van der Waals surface area (Å²) in [7, 11) is 0. The van der Waals surface area contributed by atoms with Gasteiger partial charge in [-0.15, -0.1) is 0 Å². The maximum absolute atomic E-state index is 13.3. The van der Waals surface area contributed by atoms with E-state index >= 15 is 0 Å². The first-order chi connectivity index (χ1) is 22.0. The second-order valence-corrected chi connectivity index (χ2v) is 11.9. The molecule has 0 aliphatic heterocycles. The first kappa shape index (κ1) is 40.4. The Bertz CT molecular complexity index is 1220. The first-order valence-corrected chi connectivity index (χ1v) is 15.4. The van der Waals surface area contributed by atoms with Gasteiger partial charge in [-0.2, -0.15) is 0 Å². The summed E-state index contributed by atoms with van der Waals surface area (Å²) in [5.41, 5.74) is 12.0. The van der Waals surface area contributed by atoms with Crippen LogP contribution in [0.5, 0.6) is 0 Å². The summed E-state index contributed by atoms with van der Waals surface area (Å²) in [4.78, 5) is 94.5. The zero-order chi connectivity index (χ0) is 35.8. The number of amides is 5. The molecular weight excluding hydrogens is 618 g/mol. The third-order valence-corrected chi connectivity index (χ3v) is 7.16. The largest absolute Gasteiger partial charge is 0.481 e. The lowest BCUT2D eigenvalue weighted by Crippen LogP contribution is -2.60. The Balaban J connectivity index is 2.99. The number of unbranched alkanes of at least 4 members (excludes halogenated alkanes) is 1. The molecule has 18 heteroatoms. The third-order valence-electron chi connectivity index (χ3n) is 7.16. The van der Waals surface area contributed by atoms with Crippen LogP contribution in [0.1, 0.15) is 66.0 Å². The average molecular weight is 668 g/mol. The Morgan fingerprint density at radius 1 is 0.766 bits per heavy atom. The fraction of sp³-hybridized carbons (Fsp3) is 0.655. The van der Waals surface area contributed by atoms with Gasteiger partial charge in [-0.3, -0.25) is 28.8 Å². The van der Waals surface area contributed by atoms with Gasteiger partial charge in [0.25, 0.3) is 0 Å². The number of carboxylic acid groups (broad SMARTS) is 2. The number of imidazole rings is 1. The number of aromatic nitrogens is 2. The molecule has 1 rings (SSSR count). The number of carboxylic acids is 2. The van der Waals surface area contributed by atoms with Crippen molar-refractivity contribution in [3.05, 3.63) is 18.2 Å². The molecule has 0 radical (unpaired) electrons. The molecule has 0 spiro atoms. The lowest BCUT2D eigenvalue weighted by molar-refractivity contribution is -0.147. The van der Waals surface area contributed by atoms with Crippen LogP contribution in [0.25, 0.3) is 0 Å². The zero-order valence-electron chi connectivity index (χ0n) is 27.4. The number of nitrogens with zero attached hydrogens (tertiary/aromatic N) is 1. The minimum Gasteiger partial charge on any atom is -0.481 e. The number of aromatic amines is 1. The monoisotopic (exact) mass is 667 g/mol. The molecule has 0 fully saturated rings. The minimum absolute atomic E-state index is 0.0202. The Morgan fingerprint density at radius 2 is 1.32 bits per heavy atom. The SMILES string of the molecule is CC(C)[C@H](NC(=O)[C@H](C)NC(=O)[C@H](Cc1cnc[nH]1)NC(=O)[C@@H](N)CCCCN)C(=O)N[C@H](C(=O)N[C@@H](CC(=O)O)C(=O)O)C(C)C. The normalized spacial score (nSPS) is 15.0. The topological polar surface area (TPSA) is 301 Å². The number of aliphatic carboxylic acids is 2. The number of nitrogens with two attached hydrogens (primary N) is 2. The molecule has 0 aliphatic rings. The Labute approximate surface area is 272 Å². The van der Waals surface area contributed by atoms with Gasteiger partial charge in [0.05, 0.1) is 18.8 Å². The van der Waals surface area contributed by atoms with E-state index in [9.17, 15) is 38.7 Å². The van der Waals surface area contributed by atoms with Gasteiger partial charge in [0, 0.05) is 18.3 Å². The summed E-state index contributed by atoms with van der Waals surface area (Å²) in [6.45, 7) is 8.28. The molecule has 0 aliphatic carbocycles. The lowest BCUT2D eigenvalue weighted by Gasteiger charge is -2.29. The smallest absolute Gasteiger partial charge is 0.326 e. The Morgan fingerprint density at radius 3 is 1.81 bits per heavy atom. The van der Waals surface area contributed by atoms with Crippen molar-refractivity contribution >= 4 is 41.5 Å². The van der Waals surface area contributed by atoms with Crippen molar-refractivity contribution in [2.24, 2.45) is 23.3 Å². The van der Waals surface area contributed by atoms with E-state index in [0.29, 0.717) is 31.5 Å². The number of hydrogen-bond acceptors (Lipinski definition) is 10. The number of rotatable bonds is 21. The molecule has 47 heavy (non-hydrogen) atoms. The molecule has 264 valence electrons. The molecule has 0 unspecified atom stereocenters. The predicted octanol–water partition coefficient (Wildman–Crippen LogP) is -2.28. The Kier molecular flexibility index (Phi) is 17.1. The van der Waals surface area contributed by atoms with E-state index in [4.69, 9.17) is 16.6 Å². The maximum Gasteiger partial charge on any atom is 0.326 e. The van der Waals surface area contributed by atoms with Crippen LogP contribution in [0.4, 0.5) is 0 Å². The van der Waals surface area contributed by atoms with Gasteiger partial charge in [-0.25, -0.2) is 9.78 Å². The zero-order valence-corrected chi connectivity index (χ0v) is 27.4. The fourth-order valence-electron chi connectivity index (χ4n) is 4.35. The van der Waals surface area contributed by atoms with Crippen molar-refractivity contribution in [2.75, 3.05) is 6.54 Å². The molecule has 1 aromatic rings. The molecule has 5 amide bonds. The van der Waals surface area contributed by atoms with Gasteiger partial charge in [0.2, 0.25) is 29.5 Å². The van der Waals surface area contributed by atoms with Crippen LogP contribution in [-0.2, 0) is 40.0 Å². The average Bonchev–Trinajstić information content (AvgIpc) is 3.50. The summed E-state index contributed by atoms with van der Waals surface area (Å²) < 4.78 is 0. The van der Waals surface area contributed by atoms with Crippen molar-refractivity contribution in [1.82, 2.24) is 36.6 Å². The van der Waals surface area contributed by atoms with Crippen LogP contribution in [0, 0.1) is 11.8 Å². The number of carbonyl (C=O) groups excluding carboxylic acids is 5. The lowest BCUT2D eigenvalue weighted by atomic mass is 9.99. The number of H-pyrrole nitrogens is 1. The quantitative estimate of drug-likeness (QED) is 0.0621. The summed E-state index contributed by atoms with van der Waals surface area (Å²) in [6.07, 6.45) is 3.71. The van der Waals surface area contributed by atoms with E-state index in [1.807, 2.05) is 0 Å². The summed E-state index contributed by atoms with van der Waals surface area (Å²) in [6, 6.07) is -7.35. The van der Waals surface area contributed by atoms with Crippen molar-refractivity contribution in [3.8, 4) is 0 Å². The fourth-order valence-corrected chi connectivity index (χ4v) is 4.35. The highest BCUT2D eigenvalue weighted by Crippen LogP contribution is 2.09. The van der Waals surface area contributed by atoms with E-state index in [1.54, 1.807) is 27.7 Å². The second kappa shape index (κ2) is 19.8. The standard InChI is InChI=1S/C29H49N9O9/c1-14(2)22(27(44)36-20(29(46)47)11-21(39)40)38-28(45)23(15(3)4)37-24(41)16(5)34-26(43)19(10-17-12-32-13-33-17)35-25(42)18(31)8-6-7-9-30/h12-16,18-20,22-23H,6-11,30-31H2,1-5H3,(H,32,33)(H,34,43)(H,35,42)(H,36,44)(H,37,41)(H,38,45)(H,39,40)(H,46,47)/t16-,18-,19-,20-,22-,23-/m0/s1. The van der Waals surface area contributed by atoms with Crippen LogP contribution in [0.15, 0.2) is 12.5 Å². The number of hydrogen-bond donors (Lipinski definition) is 10. The van der Waals surface area contributed by atoms with E-state index in [1.165, 1.54) is 19.4 Å². The summed E-state index contributed by atoms with van der Waals surface area (Å²) in [5.74, 6) is -7.72. The molecule has 0 aromatic carbocycles. The minimum atomic E-state index is -1.73. The van der Waals surface area contributed by atoms with Gasteiger partial charge >= 0.3 is 11.9 Å². The molecule has 0 saturated heterocycles. The van der Waals surface area contributed by atoms with Crippen LogP contribution in [0.3, 0.4) is 0 Å². The maximum atomic E-state index is 13.3. The van der Waals surface area contributed by atoms with Crippen molar-refractivity contribution in [1.29, 1.82) is 0 Å². The molecule has 0 bridgehead atoms. The van der Waals surface area contributed by atoms with E-state index in [-0.39, 0.29) is 6.42 Å². The van der Waals surface area contributed by atoms with E-state index < -0.39 is 96.0 Å². The van der Waals surface area contributed by atoms with Crippen LogP contribution in [0.2, 0.25) is 0 Å². The molecule has 18 nitrogen and oxygen atoms in total. The van der Waals surface area contributed by atoms with Crippen molar-refractivity contribution in [3.63, 3.8) is 0 Å². The van der Waals surface area contributed by atoms with Crippen LogP contribution >= 0.6 is 0 Å². The number of carbonyl (C=O) groups is 7. The highest BCUT2D eigenvalue weighted by Gasteiger charge is 2.34. The molecule has 1 aromatic heterocycles. The Hall–Kier alpha value is -4.58. The predicted molar refractivity (Wildman–Crippen MR) is 168 cm³/mol. The molecular formula is C29H49N9O9. The highest BCUT2D eigenvalue weighted by molar-refractivity contribution is 5.96. The van der Waals surface area contributed by atoms with Gasteiger partial charge in [-0.05, 0) is 38.1 Å². The molecule has 1 heterocycles. The highest BCUT2D eigenvalue weighted by atomic mass is 16.4. The summed E-state index contributed by atoms with van der Waals surface area (Å²) >= 11 is 0. The molecule has 12 N–H and O–H groups in total. The van der Waals surface area contributed by atoms with Crippen LogP contribution in [-0.4, -0.2) is 104 Å². The van der Waals surface area contributed by atoms with Crippen LogP contribution < -0.4 is 38.1 Å². The van der Waals surface area contributed by atoms with Gasteiger partial charge in [0.15, 0.2) is 0 Å².